The highest BCUT2D eigenvalue weighted by molar-refractivity contribution is 6.18. The van der Waals surface area contributed by atoms with Gasteiger partial charge in [0.25, 0.3) is 0 Å². The van der Waals surface area contributed by atoms with E-state index >= 15 is 0 Å². The second-order valence-electron chi connectivity index (χ2n) is 8.51. The SMILES string of the molecule is CCn1c(-c2ccc(NC(=O)OCCCl)cc2)c(C=N)c2ccc(OCCCN3CCOCC3)cc21. The fourth-order valence-electron chi connectivity index (χ4n) is 4.53. The molecule has 192 valence electrons. The summed E-state index contributed by atoms with van der Waals surface area (Å²) in [6.07, 6.45) is 1.83. The van der Waals surface area contributed by atoms with E-state index in [1.807, 2.05) is 36.4 Å². The van der Waals surface area contributed by atoms with Gasteiger partial charge >= 0.3 is 6.09 Å². The lowest BCUT2D eigenvalue weighted by atomic mass is 10.1. The minimum Gasteiger partial charge on any atom is -0.493 e. The summed E-state index contributed by atoms with van der Waals surface area (Å²) in [6, 6.07) is 13.6. The first-order valence-corrected chi connectivity index (χ1v) is 12.9. The lowest BCUT2D eigenvalue weighted by Gasteiger charge is -2.26. The van der Waals surface area contributed by atoms with Crippen LogP contribution in [0.2, 0.25) is 0 Å². The van der Waals surface area contributed by atoms with E-state index in [0.29, 0.717) is 12.3 Å². The smallest absolute Gasteiger partial charge is 0.411 e. The Morgan fingerprint density at radius 3 is 2.64 bits per heavy atom. The Bertz CT molecular complexity index is 1170. The normalized spacial score (nSPS) is 14.1. The van der Waals surface area contributed by atoms with E-state index < -0.39 is 6.09 Å². The summed E-state index contributed by atoms with van der Waals surface area (Å²) in [5.74, 6) is 1.08. The van der Waals surface area contributed by atoms with Crippen LogP contribution >= 0.6 is 11.6 Å². The van der Waals surface area contributed by atoms with Gasteiger partial charge < -0.3 is 24.2 Å². The Labute approximate surface area is 216 Å². The molecule has 1 aliphatic rings. The van der Waals surface area contributed by atoms with Gasteiger partial charge in [-0.15, -0.1) is 11.6 Å². The molecule has 0 unspecified atom stereocenters. The number of fused-ring (bicyclic) bond motifs is 1. The molecule has 1 fully saturated rings. The molecule has 3 aromatic rings. The Morgan fingerprint density at radius 2 is 1.94 bits per heavy atom. The van der Waals surface area contributed by atoms with Gasteiger partial charge in [-0.3, -0.25) is 10.2 Å². The second kappa shape index (κ2) is 12.8. The van der Waals surface area contributed by atoms with E-state index in [0.717, 1.165) is 79.3 Å². The van der Waals surface area contributed by atoms with Gasteiger partial charge in [-0.25, -0.2) is 4.79 Å². The molecule has 0 atom stereocenters. The van der Waals surface area contributed by atoms with Crippen molar-refractivity contribution in [2.75, 3.05) is 57.3 Å². The maximum absolute atomic E-state index is 11.8. The van der Waals surface area contributed by atoms with Crippen LogP contribution in [0.3, 0.4) is 0 Å². The maximum atomic E-state index is 11.8. The number of carbonyl (C=O) groups excluding carboxylic acids is 1. The molecule has 1 saturated heterocycles. The number of nitrogens with one attached hydrogen (secondary N) is 2. The predicted octanol–water partition coefficient (Wildman–Crippen LogP) is 5.21. The zero-order valence-corrected chi connectivity index (χ0v) is 21.4. The zero-order chi connectivity index (χ0) is 25.3. The molecule has 9 heteroatoms. The van der Waals surface area contributed by atoms with Crippen molar-refractivity contribution in [1.29, 1.82) is 5.41 Å². The van der Waals surface area contributed by atoms with Crippen molar-refractivity contribution in [2.24, 2.45) is 0 Å². The van der Waals surface area contributed by atoms with Crippen LogP contribution in [0.15, 0.2) is 42.5 Å². The Kier molecular flexibility index (Phi) is 9.22. The summed E-state index contributed by atoms with van der Waals surface area (Å²) in [5, 5.41) is 11.8. The van der Waals surface area contributed by atoms with Crippen molar-refractivity contribution < 1.29 is 19.0 Å². The van der Waals surface area contributed by atoms with Gasteiger partial charge in [-0.2, -0.15) is 0 Å². The highest BCUT2D eigenvalue weighted by atomic mass is 35.5. The van der Waals surface area contributed by atoms with E-state index in [1.165, 1.54) is 6.21 Å². The van der Waals surface area contributed by atoms with Crippen molar-refractivity contribution in [1.82, 2.24) is 9.47 Å². The van der Waals surface area contributed by atoms with Crippen molar-refractivity contribution in [3.63, 3.8) is 0 Å². The number of benzene rings is 2. The van der Waals surface area contributed by atoms with Gasteiger partial charge in [-0.1, -0.05) is 12.1 Å². The third-order valence-corrected chi connectivity index (χ3v) is 6.40. The number of nitrogens with zero attached hydrogens (tertiary/aromatic N) is 2. The second-order valence-corrected chi connectivity index (χ2v) is 8.89. The van der Waals surface area contributed by atoms with Crippen molar-refractivity contribution in [3.8, 4) is 17.0 Å². The zero-order valence-electron chi connectivity index (χ0n) is 20.6. The Hall–Kier alpha value is -3.07. The van der Waals surface area contributed by atoms with Crippen LogP contribution in [0.25, 0.3) is 22.2 Å². The average Bonchev–Trinajstić information content (AvgIpc) is 3.23. The number of halogens is 1. The number of aromatic nitrogens is 1. The summed E-state index contributed by atoms with van der Waals surface area (Å²) in [6.45, 7) is 8.24. The summed E-state index contributed by atoms with van der Waals surface area (Å²) < 4.78 is 18.7. The van der Waals surface area contributed by atoms with Gasteiger partial charge in [0.05, 0.1) is 36.9 Å². The van der Waals surface area contributed by atoms with Gasteiger partial charge in [0, 0.05) is 55.1 Å². The highest BCUT2D eigenvalue weighted by Crippen LogP contribution is 2.35. The molecule has 2 N–H and O–H groups in total. The molecular weight excluding hydrogens is 480 g/mol. The number of aryl methyl sites for hydroxylation is 1. The molecule has 36 heavy (non-hydrogen) atoms. The number of amides is 1. The number of carbonyl (C=O) groups is 1. The van der Waals surface area contributed by atoms with Gasteiger partial charge in [-0.05, 0) is 43.2 Å². The largest absolute Gasteiger partial charge is 0.493 e. The van der Waals surface area contributed by atoms with Crippen LogP contribution in [0.5, 0.6) is 5.75 Å². The molecule has 0 saturated carbocycles. The fourth-order valence-corrected chi connectivity index (χ4v) is 4.61. The third-order valence-electron chi connectivity index (χ3n) is 6.24. The Morgan fingerprint density at radius 1 is 1.17 bits per heavy atom. The summed E-state index contributed by atoms with van der Waals surface area (Å²) in [5.41, 5.74) is 4.43. The molecule has 2 aromatic carbocycles. The third kappa shape index (κ3) is 6.19. The van der Waals surface area contributed by atoms with E-state index in [9.17, 15) is 4.79 Å². The molecule has 2 heterocycles. The van der Waals surface area contributed by atoms with Crippen LogP contribution in [0.4, 0.5) is 10.5 Å². The summed E-state index contributed by atoms with van der Waals surface area (Å²) in [7, 11) is 0. The van der Waals surface area contributed by atoms with Gasteiger partial charge in [0.2, 0.25) is 0 Å². The molecular formula is C27H33ClN4O4. The van der Waals surface area contributed by atoms with E-state index in [2.05, 4.69) is 27.8 Å². The number of ether oxygens (including phenoxy) is 3. The molecule has 1 aliphatic heterocycles. The van der Waals surface area contributed by atoms with E-state index in [-0.39, 0.29) is 12.5 Å². The quantitative estimate of drug-likeness (QED) is 0.209. The minimum absolute atomic E-state index is 0.157. The van der Waals surface area contributed by atoms with Gasteiger partial charge in [0.15, 0.2) is 0 Å². The lowest BCUT2D eigenvalue weighted by Crippen LogP contribution is -2.37. The van der Waals surface area contributed by atoms with Gasteiger partial charge in [0.1, 0.15) is 12.4 Å². The van der Waals surface area contributed by atoms with Crippen LogP contribution < -0.4 is 10.1 Å². The number of anilines is 1. The number of alkyl halides is 1. The fraction of sp³-hybridized carbons (Fsp3) is 0.407. The number of rotatable bonds is 11. The monoisotopic (exact) mass is 512 g/mol. The molecule has 1 amide bonds. The molecule has 0 aliphatic carbocycles. The lowest BCUT2D eigenvalue weighted by molar-refractivity contribution is 0.0358. The number of hydrogen-bond acceptors (Lipinski definition) is 6. The molecule has 0 spiro atoms. The molecule has 0 bridgehead atoms. The van der Waals surface area contributed by atoms with Crippen molar-refractivity contribution in [2.45, 2.75) is 19.9 Å². The van der Waals surface area contributed by atoms with Crippen LogP contribution in [0.1, 0.15) is 18.9 Å². The first kappa shape index (κ1) is 26.0. The standard InChI is InChI=1S/C27H33ClN4O4/c1-2-32-25-18-22(35-14-3-11-31-12-16-34-17-13-31)8-9-23(25)24(19-29)26(32)20-4-6-21(7-5-20)30-27(33)36-15-10-28/h4-9,18-19,29H,2-3,10-17H2,1H3,(H,30,33). The summed E-state index contributed by atoms with van der Waals surface area (Å²) in [4.78, 5) is 14.2. The first-order chi connectivity index (χ1) is 17.6. The topological polar surface area (TPSA) is 88.8 Å². The molecule has 1 aromatic heterocycles. The molecule has 0 radical (unpaired) electrons. The highest BCUT2D eigenvalue weighted by Gasteiger charge is 2.18. The maximum Gasteiger partial charge on any atom is 0.411 e. The molecule has 4 rings (SSSR count). The van der Waals surface area contributed by atoms with E-state index in [1.54, 1.807) is 0 Å². The predicted molar refractivity (Wildman–Crippen MR) is 144 cm³/mol. The van der Waals surface area contributed by atoms with E-state index in [4.69, 9.17) is 31.2 Å². The molecule has 8 nitrogen and oxygen atoms in total. The number of hydrogen-bond donors (Lipinski definition) is 2. The van der Waals surface area contributed by atoms with Crippen LogP contribution in [0, 0.1) is 5.41 Å². The Balaban J connectivity index is 1.50. The van der Waals surface area contributed by atoms with Crippen LogP contribution in [-0.4, -0.2) is 73.7 Å². The van der Waals surface area contributed by atoms with Crippen LogP contribution in [-0.2, 0) is 16.0 Å². The van der Waals surface area contributed by atoms with Crippen molar-refractivity contribution >= 4 is 40.5 Å². The van der Waals surface area contributed by atoms with Crippen molar-refractivity contribution in [3.05, 3.63) is 48.0 Å². The number of morpholine rings is 1. The average molecular weight is 513 g/mol. The first-order valence-electron chi connectivity index (χ1n) is 12.3. The minimum atomic E-state index is -0.538. The summed E-state index contributed by atoms with van der Waals surface area (Å²) >= 11 is 5.56.